The van der Waals surface area contributed by atoms with Crippen LogP contribution in [0.25, 0.3) is 38.3 Å². The van der Waals surface area contributed by atoms with Gasteiger partial charge in [0.15, 0.2) is 0 Å². The van der Waals surface area contributed by atoms with E-state index in [-0.39, 0.29) is 10.8 Å². The lowest BCUT2D eigenvalue weighted by Crippen LogP contribution is -2.22. The van der Waals surface area contributed by atoms with Gasteiger partial charge in [0.1, 0.15) is 0 Å². The van der Waals surface area contributed by atoms with Gasteiger partial charge < -0.3 is 9.47 Å². The molecule has 2 aliphatic rings. The minimum atomic E-state index is -3.62. The molecule has 0 atom stereocenters. The third kappa shape index (κ3) is 5.27. The number of nitrogens with zero attached hydrogens (tertiary/aromatic N) is 2. The van der Waals surface area contributed by atoms with Crippen molar-refractivity contribution < 1.29 is 8.42 Å². The normalized spacial score (nSPS) is 14.8. The molecule has 0 spiro atoms. The lowest BCUT2D eigenvalue weighted by atomic mass is 9.84. The Balaban J connectivity index is 1.05. The van der Waals surface area contributed by atoms with Crippen LogP contribution in [0.3, 0.4) is 0 Å². The molecule has 10 rings (SSSR count). The molecule has 0 fully saturated rings. The summed E-state index contributed by atoms with van der Waals surface area (Å²) in [4.78, 5) is 2.78. The maximum atomic E-state index is 13.6. The molecule has 0 bridgehead atoms. The van der Waals surface area contributed by atoms with Gasteiger partial charge in [-0.2, -0.15) is 0 Å². The second-order valence-corrected chi connectivity index (χ2v) is 19.4. The predicted octanol–water partition coefficient (Wildman–Crippen LogP) is 12.6. The smallest absolute Gasteiger partial charge is 0.210 e. The maximum Gasteiger partial charge on any atom is 0.210 e. The monoisotopic (exact) mass is 736 g/mol. The van der Waals surface area contributed by atoms with Crippen molar-refractivity contribution in [3.05, 3.63) is 167 Å². The van der Waals surface area contributed by atoms with Gasteiger partial charge in [-0.25, -0.2) is 8.42 Å². The van der Waals surface area contributed by atoms with Crippen LogP contribution in [-0.2, 0) is 33.5 Å². The summed E-state index contributed by atoms with van der Waals surface area (Å²) in [5, 5.41) is 5.07. The number of rotatable bonds is 2. The van der Waals surface area contributed by atoms with Crippen LogP contribution >= 0.6 is 0 Å². The summed E-state index contributed by atoms with van der Waals surface area (Å²) in [6.45, 7) is 13.7. The first-order valence-corrected chi connectivity index (χ1v) is 20.7. The Morgan fingerprint density at radius 2 is 0.982 bits per heavy atom. The Hall–Kier alpha value is -5.65. The summed E-state index contributed by atoms with van der Waals surface area (Å²) < 4.78 is 29.7. The number of sulfone groups is 1. The molecule has 0 unspecified atom stereocenters. The SMILES string of the molecule is CC(C)(C)c1ccc2c(c1)c1cc(C(C)(C)C)ccc1n2-c1ccc2cc3c(cc2c1)Cc1ccc(N2c4ccccc4S(=O)(=O)c4ccccc42)cc1C3. The van der Waals surface area contributed by atoms with Crippen LogP contribution in [0.15, 0.2) is 143 Å². The predicted molar refractivity (Wildman–Crippen MR) is 228 cm³/mol. The van der Waals surface area contributed by atoms with Crippen molar-refractivity contribution in [2.45, 2.75) is 75.0 Å². The van der Waals surface area contributed by atoms with E-state index in [1.807, 2.05) is 24.3 Å². The number of aromatic nitrogens is 1. The van der Waals surface area contributed by atoms with E-state index in [2.05, 4.69) is 136 Å². The average molecular weight is 737 g/mol. The Morgan fingerprint density at radius 3 is 1.56 bits per heavy atom. The van der Waals surface area contributed by atoms with Crippen LogP contribution in [0.4, 0.5) is 17.1 Å². The summed E-state index contributed by atoms with van der Waals surface area (Å²) in [5.41, 5.74) is 14.1. The molecule has 0 amide bonds. The highest BCUT2D eigenvalue weighted by Gasteiger charge is 2.35. The number of hydrogen-bond donors (Lipinski definition) is 0. The molecule has 1 aliphatic heterocycles. The molecule has 0 saturated heterocycles. The van der Waals surface area contributed by atoms with Gasteiger partial charge in [-0.05, 0) is 141 Å². The van der Waals surface area contributed by atoms with Crippen LogP contribution in [-0.4, -0.2) is 13.0 Å². The van der Waals surface area contributed by atoms with Crippen molar-refractivity contribution in [1.29, 1.82) is 0 Å². The molecular formula is C50H44N2O2S. The second-order valence-electron chi connectivity index (χ2n) is 17.5. The first-order chi connectivity index (χ1) is 26.3. The number of hydrogen-bond acceptors (Lipinski definition) is 3. The first-order valence-electron chi connectivity index (χ1n) is 19.3. The van der Waals surface area contributed by atoms with Gasteiger partial charge in [-0.3, -0.25) is 0 Å². The molecule has 1 aromatic heterocycles. The summed E-state index contributed by atoms with van der Waals surface area (Å²) in [7, 11) is -3.62. The van der Waals surface area contributed by atoms with Gasteiger partial charge >= 0.3 is 0 Å². The molecule has 55 heavy (non-hydrogen) atoms. The summed E-state index contributed by atoms with van der Waals surface area (Å²) in [6, 6.07) is 47.0. The molecule has 1 aliphatic carbocycles. The number of para-hydroxylation sites is 2. The van der Waals surface area contributed by atoms with E-state index in [0.29, 0.717) is 21.2 Å². The maximum absolute atomic E-state index is 13.6. The van der Waals surface area contributed by atoms with Gasteiger partial charge in [-0.15, -0.1) is 0 Å². The molecule has 2 heterocycles. The Bertz CT molecular complexity index is 2900. The number of benzene rings is 7. The van der Waals surface area contributed by atoms with Crippen LogP contribution in [0.5, 0.6) is 0 Å². The molecule has 0 N–H and O–H groups in total. The molecule has 0 radical (unpaired) electrons. The molecular weight excluding hydrogens is 693 g/mol. The Labute approximate surface area is 323 Å². The topological polar surface area (TPSA) is 42.3 Å². The van der Waals surface area contributed by atoms with Crippen molar-refractivity contribution in [3.63, 3.8) is 0 Å². The fourth-order valence-corrected chi connectivity index (χ4v) is 10.5. The molecule has 7 aromatic carbocycles. The largest absolute Gasteiger partial charge is 0.309 e. The quantitative estimate of drug-likeness (QED) is 0.177. The molecule has 272 valence electrons. The Kier molecular flexibility index (Phi) is 7.19. The third-order valence-electron chi connectivity index (χ3n) is 11.9. The van der Waals surface area contributed by atoms with Gasteiger partial charge in [0, 0.05) is 22.1 Å². The van der Waals surface area contributed by atoms with E-state index in [9.17, 15) is 8.42 Å². The zero-order valence-corrected chi connectivity index (χ0v) is 33.1. The number of fused-ring (bicyclic) bond motifs is 8. The second kappa shape index (κ2) is 11.7. The Morgan fingerprint density at radius 1 is 0.473 bits per heavy atom. The van der Waals surface area contributed by atoms with Gasteiger partial charge in [0.2, 0.25) is 9.84 Å². The van der Waals surface area contributed by atoms with Gasteiger partial charge in [-0.1, -0.05) is 102 Å². The zero-order valence-electron chi connectivity index (χ0n) is 32.2. The standard InChI is InChI=1S/C50H44N2O2S/c1-49(2,3)37-17-21-43-41(29-37)42-30-38(50(4,5)6)18-22-44(42)51(43)39-19-15-31-23-34-26-36-28-40(20-16-32(36)24-33(34)25-35(31)27-39)52-45-11-7-9-13-47(45)55(53,54)48-14-10-8-12-46(48)52/h7-23,25,27-30H,24,26H2,1-6H3. The number of anilines is 3. The summed E-state index contributed by atoms with van der Waals surface area (Å²) in [5.74, 6) is 0. The van der Waals surface area contributed by atoms with Crippen LogP contribution in [0.2, 0.25) is 0 Å². The van der Waals surface area contributed by atoms with Crippen molar-refractivity contribution >= 4 is 59.5 Å². The van der Waals surface area contributed by atoms with Crippen LogP contribution in [0, 0.1) is 0 Å². The highest BCUT2D eigenvalue weighted by Crippen LogP contribution is 2.48. The van der Waals surface area contributed by atoms with E-state index < -0.39 is 9.84 Å². The molecule has 8 aromatic rings. The van der Waals surface area contributed by atoms with E-state index in [1.165, 1.54) is 71.6 Å². The summed E-state index contributed by atoms with van der Waals surface area (Å²) >= 11 is 0. The van der Waals surface area contributed by atoms with E-state index in [0.717, 1.165) is 18.5 Å². The minimum absolute atomic E-state index is 0.0556. The molecule has 4 nitrogen and oxygen atoms in total. The first kappa shape index (κ1) is 33.9. The fourth-order valence-electron chi connectivity index (χ4n) is 8.85. The van der Waals surface area contributed by atoms with Crippen molar-refractivity contribution in [3.8, 4) is 5.69 Å². The average Bonchev–Trinajstić information content (AvgIpc) is 3.49. The highest BCUT2D eigenvalue weighted by atomic mass is 32.2. The van der Waals surface area contributed by atoms with E-state index in [4.69, 9.17) is 0 Å². The lowest BCUT2D eigenvalue weighted by Gasteiger charge is -2.33. The molecule has 5 heteroatoms. The van der Waals surface area contributed by atoms with Crippen molar-refractivity contribution in [2.75, 3.05) is 4.90 Å². The highest BCUT2D eigenvalue weighted by molar-refractivity contribution is 7.92. The van der Waals surface area contributed by atoms with Crippen molar-refractivity contribution in [1.82, 2.24) is 4.57 Å². The molecule has 0 saturated carbocycles. The van der Waals surface area contributed by atoms with E-state index >= 15 is 0 Å². The minimum Gasteiger partial charge on any atom is -0.309 e. The lowest BCUT2D eigenvalue weighted by molar-refractivity contribution is 0.590. The zero-order chi connectivity index (χ0) is 38.0. The third-order valence-corrected chi connectivity index (χ3v) is 13.7. The summed E-state index contributed by atoms with van der Waals surface area (Å²) in [6.07, 6.45) is 1.68. The van der Waals surface area contributed by atoms with Crippen LogP contribution < -0.4 is 4.90 Å². The fraction of sp³-hybridized carbons (Fsp3) is 0.200. The van der Waals surface area contributed by atoms with Gasteiger partial charge in [0.05, 0.1) is 32.2 Å². The van der Waals surface area contributed by atoms with Crippen LogP contribution in [0.1, 0.15) is 74.9 Å². The van der Waals surface area contributed by atoms with Gasteiger partial charge in [0.25, 0.3) is 0 Å². The van der Waals surface area contributed by atoms with E-state index in [1.54, 1.807) is 24.3 Å². The van der Waals surface area contributed by atoms with Crippen molar-refractivity contribution in [2.24, 2.45) is 0 Å².